The molecule has 0 aliphatic heterocycles. The Labute approximate surface area is 194 Å². The molecule has 29 heavy (non-hydrogen) atoms. The van der Waals surface area contributed by atoms with E-state index in [9.17, 15) is 0 Å². The van der Waals surface area contributed by atoms with Gasteiger partial charge >= 0.3 is 18.9 Å². The fourth-order valence-corrected chi connectivity index (χ4v) is 4.92. The maximum atomic E-state index is 5.09. The molecule has 1 N–H and O–H groups in total. The van der Waals surface area contributed by atoms with Crippen LogP contribution in [0, 0.1) is 10.8 Å². The average molecular weight is 424 g/mol. The first kappa shape index (κ1) is 28.3. The zero-order chi connectivity index (χ0) is 22.0. The summed E-state index contributed by atoms with van der Waals surface area (Å²) >= 11 is 0. The molecule has 0 aliphatic rings. The molecule has 0 saturated heterocycles. The molecule has 1 rings (SSSR count). The van der Waals surface area contributed by atoms with Gasteiger partial charge in [-0.1, -0.05) is 93.0 Å². The van der Waals surface area contributed by atoms with Crippen molar-refractivity contribution in [2.75, 3.05) is 0 Å². The van der Waals surface area contributed by atoms with Crippen LogP contribution in [0.25, 0.3) is 17.1 Å². The van der Waals surface area contributed by atoms with E-state index in [2.05, 4.69) is 116 Å². The van der Waals surface area contributed by atoms with Gasteiger partial charge in [0.15, 0.2) is 0 Å². The van der Waals surface area contributed by atoms with Crippen LogP contribution in [-0.2, 0) is 0 Å². The van der Waals surface area contributed by atoms with Crippen molar-refractivity contribution in [3.05, 3.63) is 46.0 Å². The van der Waals surface area contributed by atoms with Gasteiger partial charge < -0.3 is 9.96 Å². The second-order valence-electron chi connectivity index (χ2n) is 11.7. The number of aromatic nitrogens is 1. The van der Waals surface area contributed by atoms with Crippen LogP contribution >= 0.6 is 0 Å². The Kier molecular flexibility index (Phi) is 9.79. The van der Waals surface area contributed by atoms with E-state index < -0.39 is 16.5 Å². The first-order valence-corrected chi connectivity index (χ1v) is 17.2. The summed E-state index contributed by atoms with van der Waals surface area (Å²) in [4.78, 5) is 13.8. The van der Waals surface area contributed by atoms with Gasteiger partial charge in [-0.2, -0.15) is 5.70 Å². The summed E-state index contributed by atoms with van der Waals surface area (Å²) in [6.45, 7) is 27.2. The Balaban J connectivity index is 0.00000784. The molecule has 1 aromatic rings. The molecule has 6 heteroatoms. The van der Waals surface area contributed by atoms with Gasteiger partial charge in [0, 0.05) is 11.1 Å². The molecule has 0 fully saturated rings. The smallest absolute Gasteiger partial charge is 0.690 e. The number of nitrogens with zero attached hydrogens (tertiary/aromatic N) is 2. The molecular weight excluding hydrogens is 381 g/mol. The number of allylic oxidation sites excluding steroid dienone is 2. The largest absolute Gasteiger partial charge is 1.00 e. The third-order valence-corrected chi connectivity index (χ3v) is 5.84. The van der Waals surface area contributed by atoms with E-state index in [1.165, 1.54) is 5.70 Å². The molecule has 1 aromatic heterocycles. The maximum absolute atomic E-state index is 5.09. The second-order valence-corrected chi connectivity index (χ2v) is 21.0. The quantitative estimate of drug-likeness (QED) is 0.685. The number of hydrogen-bond acceptors (Lipinski definition) is 2. The first-order chi connectivity index (χ1) is 12.4. The fourth-order valence-electron chi connectivity index (χ4n) is 2.54. The van der Waals surface area contributed by atoms with E-state index in [1.807, 2.05) is 0 Å². The number of pyridine rings is 1. The van der Waals surface area contributed by atoms with E-state index in [0.717, 1.165) is 17.1 Å². The molecule has 0 bridgehead atoms. The van der Waals surface area contributed by atoms with Gasteiger partial charge in [0.2, 0.25) is 0 Å². The Morgan fingerprint density at radius 3 is 1.72 bits per heavy atom. The first-order valence-electron chi connectivity index (χ1n) is 10.3. The van der Waals surface area contributed by atoms with Crippen molar-refractivity contribution in [3.8, 4) is 0 Å². The van der Waals surface area contributed by atoms with Crippen LogP contribution in [0.4, 0.5) is 0 Å². The van der Waals surface area contributed by atoms with Crippen LogP contribution in [0.1, 0.15) is 52.9 Å². The molecule has 0 aliphatic carbocycles. The van der Waals surface area contributed by atoms with Gasteiger partial charge in [-0.15, -0.1) is 0 Å². The predicted molar refractivity (Wildman–Crippen MR) is 132 cm³/mol. The van der Waals surface area contributed by atoms with Gasteiger partial charge in [0.1, 0.15) is 8.24 Å². The van der Waals surface area contributed by atoms with Gasteiger partial charge in [-0.05, 0) is 31.9 Å². The van der Waals surface area contributed by atoms with Crippen molar-refractivity contribution in [3.63, 3.8) is 0 Å². The van der Waals surface area contributed by atoms with Gasteiger partial charge in [-0.3, -0.25) is 0 Å². The molecule has 0 atom stereocenters. The molecule has 1 heterocycles. The number of hydrogen-bond donors (Lipinski definition) is 1. The van der Waals surface area contributed by atoms with Crippen molar-refractivity contribution in [2.24, 2.45) is 10.8 Å². The Bertz CT molecular complexity index is 669. The van der Waals surface area contributed by atoms with E-state index in [1.54, 1.807) is 0 Å². The van der Waals surface area contributed by atoms with Crippen LogP contribution < -0.4 is 23.8 Å². The summed E-state index contributed by atoms with van der Waals surface area (Å²) in [6, 6.07) is 6.25. The standard InChI is InChI=1S/C23H42N3Si2.Li/c1-22(2,3)20(25-27(7,8)9)16-18-14-13-15-19(24-18)17-21(23(4,5)6)26-28(10,11)12;/h13-17,25H,1-12H3;/q-1;+1/b20-16+,21-17+;. The maximum Gasteiger partial charge on any atom is 1.00 e. The van der Waals surface area contributed by atoms with E-state index in [0.29, 0.717) is 0 Å². The molecular formula is C23H42LiN3Si2. The van der Waals surface area contributed by atoms with Gasteiger partial charge in [0.25, 0.3) is 0 Å². The SMILES string of the molecule is CC(C)(C)/C(=C\c1cccc(/C=C(/N[Si](C)(C)C)C(C)(C)C)n1)[N-][Si](C)(C)C.[Li+]. The van der Waals surface area contributed by atoms with E-state index in [4.69, 9.17) is 9.97 Å². The van der Waals surface area contributed by atoms with E-state index >= 15 is 0 Å². The summed E-state index contributed by atoms with van der Waals surface area (Å²) in [6.07, 6.45) is 4.38. The summed E-state index contributed by atoms with van der Waals surface area (Å²) in [7, 11) is -3.01. The van der Waals surface area contributed by atoms with Crippen molar-refractivity contribution >= 4 is 28.6 Å². The van der Waals surface area contributed by atoms with Crippen LogP contribution in [-0.4, -0.2) is 21.5 Å². The van der Waals surface area contributed by atoms with Gasteiger partial charge in [0.05, 0.1) is 11.4 Å². The van der Waals surface area contributed by atoms with Crippen molar-refractivity contribution in [1.82, 2.24) is 9.97 Å². The molecule has 158 valence electrons. The minimum absolute atomic E-state index is 0. The number of nitrogens with one attached hydrogen (secondary N) is 1. The van der Waals surface area contributed by atoms with Crippen LogP contribution in [0.5, 0.6) is 0 Å². The molecule has 0 unspecified atom stereocenters. The van der Waals surface area contributed by atoms with Crippen molar-refractivity contribution in [1.29, 1.82) is 0 Å². The normalized spacial score (nSPS) is 14.3. The Morgan fingerprint density at radius 2 is 1.34 bits per heavy atom. The Hall–Kier alpha value is -0.739. The summed E-state index contributed by atoms with van der Waals surface area (Å²) < 4.78 is 0. The van der Waals surface area contributed by atoms with Crippen molar-refractivity contribution < 1.29 is 18.9 Å². The molecule has 0 amide bonds. The third-order valence-electron chi connectivity index (χ3n) is 3.91. The van der Waals surface area contributed by atoms with Crippen LogP contribution in [0.3, 0.4) is 0 Å². The molecule has 0 spiro atoms. The average Bonchev–Trinajstić information content (AvgIpc) is 2.41. The molecule has 3 nitrogen and oxygen atoms in total. The molecule has 0 radical (unpaired) electrons. The van der Waals surface area contributed by atoms with Crippen LogP contribution in [0.2, 0.25) is 39.3 Å². The third kappa shape index (κ3) is 11.3. The Morgan fingerprint density at radius 1 is 0.862 bits per heavy atom. The van der Waals surface area contributed by atoms with Crippen molar-refractivity contribution in [2.45, 2.75) is 80.8 Å². The minimum Gasteiger partial charge on any atom is -0.690 e. The second kappa shape index (κ2) is 10.0. The van der Waals surface area contributed by atoms with E-state index in [-0.39, 0.29) is 29.7 Å². The molecule has 0 saturated carbocycles. The zero-order valence-corrected chi connectivity index (χ0v) is 23.3. The fraction of sp³-hybridized carbons (Fsp3) is 0.609. The summed E-state index contributed by atoms with van der Waals surface area (Å²) in [5, 5.41) is 0. The van der Waals surface area contributed by atoms with Gasteiger partial charge in [-0.25, -0.2) is 4.98 Å². The van der Waals surface area contributed by atoms with Crippen LogP contribution in [0.15, 0.2) is 29.6 Å². The number of rotatable bonds is 6. The predicted octanol–water partition coefficient (Wildman–Crippen LogP) is 4.49. The zero-order valence-electron chi connectivity index (χ0n) is 21.3. The molecule has 0 aromatic carbocycles. The summed E-state index contributed by atoms with van der Waals surface area (Å²) in [5.74, 6) is 0. The summed E-state index contributed by atoms with van der Waals surface area (Å²) in [5.41, 5.74) is 4.41. The minimum atomic E-state index is -1.56. The topological polar surface area (TPSA) is 39.0 Å². The monoisotopic (exact) mass is 423 g/mol.